The summed E-state index contributed by atoms with van der Waals surface area (Å²) in [5.74, 6) is 0. The summed E-state index contributed by atoms with van der Waals surface area (Å²) in [6.07, 6.45) is 2.01. The van der Waals surface area contributed by atoms with E-state index < -0.39 is 0 Å². The normalized spacial score (nSPS) is 12.2. The van der Waals surface area contributed by atoms with Crippen LogP contribution >= 0.6 is 0 Å². The fourth-order valence-corrected chi connectivity index (χ4v) is 1.71. The third-order valence-corrected chi connectivity index (χ3v) is 2.67. The van der Waals surface area contributed by atoms with Crippen LogP contribution in [0.15, 0.2) is 30.3 Å². The van der Waals surface area contributed by atoms with Gasteiger partial charge in [-0.3, -0.25) is 4.79 Å². The lowest BCUT2D eigenvalue weighted by molar-refractivity contribution is -0.126. The summed E-state index contributed by atoms with van der Waals surface area (Å²) in [4.78, 5) is 22.2. The fourth-order valence-electron chi connectivity index (χ4n) is 1.71. The standard InChI is InChI=1S/C12H15NO2.C2H4O2.C2H6/c14-12(13-8-4-5-9-13)15-10-11-6-2-1-3-7-11;1-4-2-3;1-2/h1-3,6-7H,4-5,8-10H2;2H,1H3;1-2H3. The van der Waals surface area contributed by atoms with Gasteiger partial charge < -0.3 is 14.4 Å². The van der Waals surface area contributed by atoms with Crippen molar-refractivity contribution in [3.63, 3.8) is 0 Å². The molecule has 1 fully saturated rings. The number of benzene rings is 1. The van der Waals surface area contributed by atoms with Gasteiger partial charge in [0.25, 0.3) is 6.47 Å². The topological polar surface area (TPSA) is 55.8 Å². The number of carbonyl (C=O) groups is 2. The maximum Gasteiger partial charge on any atom is 0.410 e. The molecule has 1 aliphatic heterocycles. The number of amides is 1. The largest absolute Gasteiger partial charge is 0.471 e. The number of hydrogen-bond acceptors (Lipinski definition) is 4. The van der Waals surface area contributed by atoms with Gasteiger partial charge in [0.05, 0.1) is 7.11 Å². The zero-order valence-corrected chi connectivity index (χ0v) is 13.1. The van der Waals surface area contributed by atoms with Gasteiger partial charge in [-0.05, 0) is 18.4 Å². The van der Waals surface area contributed by atoms with E-state index in [0.29, 0.717) is 13.1 Å². The monoisotopic (exact) mass is 295 g/mol. The lowest BCUT2D eigenvalue weighted by Gasteiger charge is -2.14. The summed E-state index contributed by atoms with van der Waals surface area (Å²) in [7, 11) is 1.31. The molecule has 0 bridgehead atoms. The van der Waals surface area contributed by atoms with Gasteiger partial charge in [0, 0.05) is 13.1 Å². The Morgan fingerprint density at radius 2 is 1.71 bits per heavy atom. The lowest BCUT2D eigenvalue weighted by Crippen LogP contribution is -2.28. The molecule has 1 aromatic rings. The molecule has 118 valence electrons. The SMILES string of the molecule is CC.COC=O.O=C(OCc1ccccc1)N1CCCC1. The Hall–Kier alpha value is -2.04. The Morgan fingerprint density at radius 1 is 1.19 bits per heavy atom. The van der Waals surface area contributed by atoms with Crippen molar-refractivity contribution in [3.8, 4) is 0 Å². The van der Waals surface area contributed by atoms with Crippen LogP contribution in [0.25, 0.3) is 0 Å². The Bertz CT molecular complexity index is 375. The molecular weight excluding hydrogens is 270 g/mol. The van der Waals surface area contributed by atoms with E-state index >= 15 is 0 Å². The van der Waals surface area contributed by atoms with Crippen LogP contribution in [0.3, 0.4) is 0 Å². The highest BCUT2D eigenvalue weighted by atomic mass is 16.6. The molecule has 5 heteroatoms. The van der Waals surface area contributed by atoms with Gasteiger partial charge >= 0.3 is 6.09 Å². The molecular formula is C16H25NO4. The minimum atomic E-state index is -0.184. The first-order valence-corrected chi connectivity index (χ1v) is 7.20. The maximum atomic E-state index is 11.5. The number of ether oxygens (including phenoxy) is 2. The molecule has 1 heterocycles. The van der Waals surface area contributed by atoms with Crippen LogP contribution in [-0.2, 0) is 20.9 Å². The highest BCUT2D eigenvalue weighted by Crippen LogP contribution is 2.10. The van der Waals surface area contributed by atoms with E-state index in [1.165, 1.54) is 7.11 Å². The molecule has 2 rings (SSSR count). The zero-order valence-electron chi connectivity index (χ0n) is 13.1. The highest BCUT2D eigenvalue weighted by molar-refractivity contribution is 5.67. The van der Waals surface area contributed by atoms with Gasteiger partial charge in [0.2, 0.25) is 0 Å². The smallest absolute Gasteiger partial charge is 0.410 e. The van der Waals surface area contributed by atoms with Crippen molar-refractivity contribution < 1.29 is 19.1 Å². The molecule has 0 atom stereocenters. The molecule has 1 aromatic carbocycles. The molecule has 0 aliphatic carbocycles. The first-order valence-electron chi connectivity index (χ1n) is 7.20. The van der Waals surface area contributed by atoms with E-state index in [9.17, 15) is 4.79 Å². The molecule has 0 aromatic heterocycles. The molecule has 0 radical (unpaired) electrons. The second-order valence-corrected chi connectivity index (χ2v) is 4.07. The van der Waals surface area contributed by atoms with Gasteiger partial charge in [-0.25, -0.2) is 4.79 Å². The number of nitrogens with zero attached hydrogens (tertiary/aromatic N) is 1. The molecule has 5 nitrogen and oxygen atoms in total. The van der Waals surface area contributed by atoms with Crippen molar-refractivity contribution in [2.45, 2.75) is 33.3 Å². The maximum absolute atomic E-state index is 11.5. The van der Waals surface area contributed by atoms with E-state index in [4.69, 9.17) is 9.53 Å². The van der Waals surface area contributed by atoms with Gasteiger partial charge in [-0.1, -0.05) is 44.2 Å². The zero-order chi connectivity index (χ0) is 15.9. The number of carbonyl (C=O) groups excluding carboxylic acids is 2. The number of hydrogen-bond donors (Lipinski definition) is 0. The summed E-state index contributed by atoms with van der Waals surface area (Å²) in [5.41, 5.74) is 1.03. The molecule has 1 aliphatic rings. The Labute approximate surface area is 126 Å². The van der Waals surface area contributed by atoms with Crippen molar-refractivity contribution in [2.75, 3.05) is 20.2 Å². The second-order valence-electron chi connectivity index (χ2n) is 4.07. The molecule has 0 N–H and O–H groups in total. The van der Waals surface area contributed by atoms with Crippen LogP contribution in [0.4, 0.5) is 4.79 Å². The van der Waals surface area contributed by atoms with Crippen LogP contribution < -0.4 is 0 Å². The van der Waals surface area contributed by atoms with E-state index in [1.807, 2.05) is 44.2 Å². The molecule has 21 heavy (non-hydrogen) atoms. The molecule has 0 unspecified atom stereocenters. The van der Waals surface area contributed by atoms with Gasteiger partial charge in [-0.15, -0.1) is 0 Å². The van der Waals surface area contributed by atoms with E-state index in [-0.39, 0.29) is 6.09 Å². The summed E-state index contributed by atoms with van der Waals surface area (Å²) in [6, 6.07) is 9.75. The van der Waals surface area contributed by atoms with Crippen LogP contribution in [0.5, 0.6) is 0 Å². The average Bonchev–Trinajstić information content (AvgIpc) is 3.10. The quantitative estimate of drug-likeness (QED) is 0.803. The van der Waals surface area contributed by atoms with E-state index in [0.717, 1.165) is 31.5 Å². The van der Waals surface area contributed by atoms with Crippen molar-refractivity contribution in [1.82, 2.24) is 4.90 Å². The minimum absolute atomic E-state index is 0.184. The van der Waals surface area contributed by atoms with E-state index in [1.54, 1.807) is 4.90 Å². The highest BCUT2D eigenvalue weighted by Gasteiger charge is 2.18. The Morgan fingerprint density at radius 3 is 2.19 bits per heavy atom. The predicted octanol–water partition coefficient (Wildman–Crippen LogP) is 3.23. The van der Waals surface area contributed by atoms with E-state index in [2.05, 4.69) is 4.74 Å². The van der Waals surface area contributed by atoms with Crippen molar-refractivity contribution in [3.05, 3.63) is 35.9 Å². The summed E-state index contributed by atoms with van der Waals surface area (Å²) >= 11 is 0. The lowest BCUT2D eigenvalue weighted by atomic mass is 10.2. The minimum Gasteiger partial charge on any atom is -0.471 e. The summed E-state index contributed by atoms with van der Waals surface area (Å²) in [5, 5.41) is 0. The van der Waals surface area contributed by atoms with Crippen LogP contribution in [-0.4, -0.2) is 37.7 Å². The van der Waals surface area contributed by atoms with Gasteiger partial charge in [-0.2, -0.15) is 0 Å². The molecule has 1 amide bonds. The second kappa shape index (κ2) is 13.0. The molecule has 0 saturated carbocycles. The van der Waals surface area contributed by atoms with Crippen molar-refractivity contribution in [1.29, 1.82) is 0 Å². The third-order valence-electron chi connectivity index (χ3n) is 2.67. The summed E-state index contributed by atoms with van der Waals surface area (Å²) < 4.78 is 9.06. The average molecular weight is 295 g/mol. The van der Waals surface area contributed by atoms with Crippen molar-refractivity contribution >= 4 is 12.6 Å². The van der Waals surface area contributed by atoms with Crippen LogP contribution in [0.1, 0.15) is 32.3 Å². The van der Waals surface area contributed by atoms with Crippen LogP contribution in [0, 0.1) is 0 Å². The summed E-state index contributed by atoms with van der Waals surface area (Å²) in [6.45, 7) is 6.43. The number of rotatable bonds is 3. The van der Waals surface area contributed by atoms with Gasteiger partial charge in [0.1, 0.15) is 6.61 Å². The molecule has 0 spiro atoms. The molecule has 1 saturated heterocycles. The fraction of sp³-hybridized carbons (Fsp3) is 0.500. The first-order chi connectivity index (χ1) is 10.3. The number of methoxy groups -OCH3 is 1. The Balaban J connectivity index is 0.000000579. The first kappa shape index (κ1) is 19.0. The Kier molecular flexibility index (Phi) is 11.7. The predicted molar refractivity (Wildman–Crippen MR) is 81.9 cm³/mol. The van der Waals surface area contributed by atoms with Crippen LogP contribution in [0.2, 0.25) is 0 Å². The number of likely N-dealkylation sites (tertiary alicyclic amines) is 1. The third kappa shape index (κ3) is 8.68. The van der Waals surface area contributed by atoms with Crippen molar-refractivity contribution in [2.24, 2.45) is 0 Å². The van der Waals surface area contributed by atoms with Gasteiger partial charge in [0.15, 0.2) is 0 Å².